The molecule has 0 bridgehead atoms. The Labute approximate surface area is 105 Å². The van der Waals surface area contributed by atoms with Crippen molar-refractivity contribution in [1.29, 1.82) is 0 Å². The summed E-state index contributed by atoms with van der Waals surface area (Å²) < 4.78 is 38.2. The minimum Gasteiger partial charge on any atom is -0.384 e. The average molecular weight is 258 g/mol. The Bertz CT molecular complexity index is 384. The highest BCUT2D eigenvalue weighted by atomic mass is 19.4. The van der Waals surface area contributed by atoms with E-state index in [0.717, 1.165) is 31.9 Å². The fraction of sp³-hybridized carbons (Fsp3) is 0.538. The van der Waals surface area contributed by atoms with E-state index in [1.165, 1.54) is 12.1 Å². The van der Waals surface area contributed by atoms with Crippen molar-refractivity contribution in [1.82, 2.24) is 5.32 Å². The SMILES string of the molecule is FC(F)(F)c1ccccc1NCC[C@@H]1CCCN1. The molecule has 1 heterocycles. The third kappa shape index (κ3) is 3.38. The van der Waals surface area contributed by atoms with Crippen LogP contribution in [0.3, 0.4) is 0 Å². The number of rotatable bonds is 4. The molecule has 5 heteroatoms. The molecule has 2 N–H and O–H groups in total. The van der Waals surface area contributed by atoms with Gasteiger partial charge in [-0.1, -0.05) is 12.1 Å². The lowest BCUT2D eigenvalue weighted by Crippen LogP contribution is -2.24. The molecule has 2 rings (SSSR count). The van der Waals surface area contributed by atoms with Crippen molar-refractivity contribution in [3.05, 3.63) is 29.8 Å². The topological polar surface area (TPSA) is 24.1 Å². The predicted molar refractivity (Wildman–Crippen MR) is 65.6 cm³/mol. The molecule has 0 aromatic heterocycles. The maximum Gasteiger partial charge on any atom is 0.418 e. The highest BCUT2D eigenvalue weighted by molar-refractivity contribution is 5.52. The van der Waals surface area contributed by atoms with Crippen molar-refractivity contribution in [2.24, 2.45) is 0 Å². The fourth-order valence-electron chi connectivity index (χ4n) is 2.27. The summed E-state index contributed by atoms with van der Waals surface area (Å²) in [5.41, 5.74) is -0.424. The third-order valence-corrected chi connectivity index (χ3v) is 3.20. The molecular formula is C13H17F3N2. The molecule has 100 valence electrons. The van der Waals surface area contributed by atoms with Gasteiger partial charge in [0.25, 0.3) is 0 Å². The lowest BCUT2D eigenvalue weighted by molar-refractivity contribution is -0.136. The van der Waals surface area contributed by atoms with Crippen molar-refractivity contribution < 1.29 is 13.2 Å². The van der Waals surface area contributed by atoms with Crippen LogP contribution in [-0.4, -0.2) is 19.1 Å². The monoisotopic (exact) mass is 258 g/mol. The summed E-state index contributed by atoms with van der Waals surface area (Å²) in [5, 5.41) is 6.21. The van der Waals surface area contributed by atoms with Crippen molar-refractivity contribution in [3.63, 3.8) is 0 Å². The van der Waals surface area contributed by atoms with Crippen LogP contribution in [-0.2, 0) is 6.18 Å². The molecule has 1 aromatic rings. The molecule has 0 radical (unpaired) electrons. The van der Waals surface area contributed by atoms with E-state index in [9.17, 15) is 13.2 Å². The standard InChI is InChI=1S/C13H17F3N2/c14-13(15,16)11-5-1-2-6-12(11)18-9-7-10-4-3-8-17-10/h1-2,5-6,10,17-18H,3-4,7-9H2/t10-/m0/s1. The van der Waals surface area contributed by atoms with Crippen LogP contribution < -0.4 is 10.6 Å². The normalized spacial score (nSPS) is 20.1. The molecule has 18 heavy (non-hydrogen) atoms. The number of halogens is 3. The van der Waals surface area contributed by atoms with E-state index in [0.29, 0.717) is 12.6 Å². The number of benzene rings is 1. The molecule has 1 fully saturated rings. The quantitative estimate of drug-likeness (QED) is 0.866. The van der Waals surface area contributed by atoms with E-state index in [2.05, 4.69) is 10.6 Å². The number of para-hydroxylation sites is 1. The van der Waals surface area contributed by atoms with E-state index >= 15 is 0 Å². The van der Waals surface area contributed by atoms with Crippen LogP contribution in [0.15, 0.2) is 24.3 Å². The molecule has 0 unspecified atom stereocenters. The van der Waals surface area contributed by atoms with Crippen LogP contribution in [0.5, 0.6) is 0 Å². The zero-order chi connectivity index (χ0) is 13.0. The number of nitrogens with one attached hydrogen (secondary N) is 2. The van der Waals surface area contributed by atoms with Crippen molar-refractivity contribution in [2.45, 2.75) is 31.5 Å². The van der Waals surface area contributed by atoms with Gasteiger partial charge in [0.05, 0.1) is 5.56 Å². The summed E-state index contributed by atoms with van der Waals surface area (Å²) in [6.45, 7) is 1.58. The zero-order valence-corrected chi connectivity index (χ0v) is 10.1. The van der Waals surface area contributed by atoms with Crippen LogP contribution in [0.25, 0.3) is 0 Å². The van der Waals surface area contributed by atoms with E-state index in [1.54, 1.807) is 6.07 Å². The Morgan fingerprint density at radius 2 is 2.06 bits per heavy atom. The third-order valence-electron chi connectivity index (χ3n) is 3.20. The lowest BCUT2D eigenvalue weighted by atomic mass is 10.1. The number of hydrogen-bond acceptors (Lipinski definition) is 2. The zero-order valence-electron chi connectivity index (χ0n) is 10.1. The first-order chi connectivity index (χ1) is 8.57. The van der Waals surface area contributed by atoms with E-state index in [1.807, 2.05) is 0 Å². The molecule has 1 aliphatic rings. The number of hydrogen-bond donors (Lipinski definition) is 2. The van der Waals surface area contributed by atoms with Gasteiger partial charge in [0.15, 0.2) is 0 Å². The Hall–Kier alpha value is -1.23. The maximum absolute atomic E-state index is 12.7. The van der Waals surface area contributed by atoms with Gasteiger partial charge in [-0.15, -0.1) is 0 Å². The van der Waals surface area contributed by atoms with Crippen LogP contribution >= 0.6 is 0 Å². The smallest absolute Gasteiger partial charge is 0.384 e. The molecule has 2 nitrogen and oxygen atoms in total. The van der Waals surface area contributed by atoms with Gasteiger partial charge in [0, 0.05) is 18.3 Å². The Morgan fingerprint density at radius 3 is 2.72 bits per heavy atom. The van der Waals surface area contributed by atoms with Gasteiger partial charge >= 0.3 is 6.18 Å². The van der Waals surface area contributed by atoms with Crippen molar-refractivity contribution >= 4 is 5.69 Å². The number of alkyl halides is 3. The molecule has 0 saturated carbocycles. The van der Waals surface area contributed by atoms with Crippen LogP contribution in [0.4, 0.5) is 18.9 Å². The summed E-state index contributed by atoms with van der Waals surface area (Å²) in [7, 11) is 0. The van der Waals surface area contributed by atoms with Crippen molar-refractivity contribution in [2.75, 3.05) is 18.4 Å². The highest BCUT2D eigenvalue weighted by Gasteiger charge is 2.33. The van der Waals surface area contributed by atoms with Crippen molar-refractivity contribution in [3.8, 4) is 0 Å². The second-order valence-electron chi connectivity index (χ2n) is 4.55. The van der Waals surface area contributed by atoms with E-state index in [-0.39, 0.29) is 5.69 Å². The first-order valence-corrected chi connectivity index (χ1v) is 6.21. The fourth-order valence-corrected chi connectivity index (χ4v) is 2.27. The molecule has 1 saturated heterocycles. The molecule has 0 aliphatic carbocycles. The summed E-state index contributed by atoms with van der Waals surface area (Å²) in [4.78, 5) is 0. The van der Waals surface area contributed by atoms with Crippen LogP contribution in [0.2, 0.25) is 0 Å². The summed E-state index contributed by atoms with van der Waals surface area (Å²) in [5.74, 6) is 0. The molecular weight excluding hydrogens is 241 g/mol. The van der Waals surface area contributed by atoms with Gasteiger partial charge in [-0.3, -0.25) is 0 Å². The molecule has 1 aromatic carbocycles. The summed E-state index contributed by atoms with van der Waals surface area (Å²) >= 11 is 0. The van der Waals surface area contributed by atoms with E-state index in [4.69, 9.17) is 0 Å². The highest BCUT2D eigenvalue weighted by Crippen LogP contribution is 2.34. The minimum absolute atomic E-state index is 0.169. The van der Waals surface area contributed by atoms with Gasteiger partial charge in [-0.05, 0) is 37.9 Å². The maximum atomic E-state index is 12.7. The first kappa shape index (κ1) is 13.2. The Morgan fingerprint density at radius 1 is 1.28 bits per heavy atom. The largest absolute Gasteiger partial charge is 0.418 e. The minimum atomic E-state index is -4.30. The summed E-state index contributed by atoms with van der Waals surface area (Å²) in [6.07, 6.45) is -1.17. The Kier molecular flexibility index (Phi) is 4.11. The Balaban J connectivity index is 1.92. The molecule has 1 aliphatic heterocycles. The van der Waals surface area contributed by atoms with E-state index < -0.39 is 11.7 Å². The van der Waals surface area contributed by atoms with Gasteiger partial charge in [-0.25, -0.2) is 0 Å². The second kappa shape index (κ2) is 5.61. The number of anilines is 1. The first-order valence-electron chi connectivity index (χ1n) is 6.21. The van der Waals surface area contributed by atoms with Crippen LogP contribution in [0.1, 0.15) is 24.8 Å². The predicted octanol–water partition coefficient (Wildman–Crippen LogP) is 3.26. The van der Waals surface area contributed by atoms with Gasteiger partial charge in [0.1, 0.15) is 0 Å². The molecule has 1 atom stereocenters. The van der Waals surface area contributed by atoms with Gasteiger partial charge in [0.2, 0.25) is 0 Å². The summed E-state index contributed by atoms with van der Waals surface area (Å²) in [6, 6.07) is 6.05. The van der Waals surface area contributed by atoms with Gasteiger partial charge in [-0.2, -0.15) is 13.2 Å². The van der Waals surface area contributed by atoms with Gasteiger partial charge < -0.3 is 10.6 Å². The lowest BCUT2D eigenvalue weighted by Gasteiger charge is -2.16. The molecule has 0 spiro atoms. The van der Waals surface area contributed by atoms with Crippen LogP contribution in [0, 0.1) is 0 Å². The second-order valence-corrected chi connectivity index (χ2v) is 4.55. The molecule has 0 amide bonds. The average Bonchev–Trinajstić information content (AvgIpc) is 2.81.